The van der Waals surface area contributed by atoms with Crippen LogP contribution in [0.5, 0.6) is 0 Å². The molecule has 6 heteroatoms. The number of carbonyl (C=O) groups is 3. The van der Waals surface area contributed by atoms with Gasteiger partial charge in [0.15, 0.2) is 0 Å². The quantitative estimate of drug-likeness (QED) is 0.643. The predicted molar refractivity (Wildman–Crippen MR) is 72.9 cm³/mol. The van der Waals surface area contributed by atoms with E-state index >= 15 is 0 Å². The minimum absolute atomic E-state index is 0.0949. The van der Waals surface area contributed by atoms with Crippen molar-refractivity contribution < 1.29 is 14.4 Å². The molecular formula is C14H17N3O3. The topological polar surface area (TPSA) is 87.3 Å². The van der Waals surface area contributed by atoms with Crippen LogP contribution in [0.3, 0.4) is 0 Å². The van der Waals surface area contributed by atoms with Gasteiger partial charge in [-0.3, -0.25) is 14.4 Å². The van der Waals surface area contributed by atoms with Gasteiger partial charge in [0, 0.05) is 31.6 Å². The summed E-state index contributed by atoms with van der Waals surface area (Å²) in [6.07, 6.45) is 0.238. The number of carbonyl (C=O) groups excluding carboxylic acids is 3. The third kappa shape index (κ3) is 3.81. The predicted octanol–water partition coefficient (Wildman–Crippen LogP) is -0.331. The summed E-state index contributed by atoms with van der Waals surface area (Å²) >= 11 is 0. The molecule has 0 spiro atoms. The van der Waals surface area contributed by atoms with Crippen molar-refractivity contribution in [2.45, 2.75) is 6.42 Å². The van der Waals surface area contributed by atoms with Crippen LogP contribution in [0.25, 0.3) is 0 Å². The van der Waals surface area contributed by atoms with Crippen LogP contribution in [-0.4, -0.2) is 37.4 Å². The highest BCUT2D eigenvalue weighted by Crippen LogP contribution is 2.08. The molecule has 0 bridgehead atoms. The molecule has 2 rings (SSSR count). The molecule has 20 heavy (non-hydrogen) atoms. The second-order valence-electron chi connectivity index (χ2n) is 4.62. The van der Waals surface area contributed by atoms with Crippen LogP contribution in [0.1, 0.15) is 16.8 Å². The molecule has 1 aromatic carbocycles. The third-order valence-electron chi connectivity index (χ3n) is 3.09. The lowest BCUT2D eigenvalue weighted by atomic mass is 10.1. The van der Waals surface area contributed by atoms with E-state index in [-0.39, 0.29) is 30.1 Å². The molecular weight excluding hydrogens is 258 g/mol. The zero-order valence-corrected chi connectivity index (χ0v) is 11.0. The van der Waals surface area contributed by atoms with E-state index in [2.05, 4.69) is 16.0 Å². The smallest absolute Gasteiger partial charge is 0.251 e. The summed E-state index contributed by atoms with van der Waals surface area (Å²) in [6, 6.07) is 8.88. The van der Waals surface area contributed by atoms with E-state index in [1.54, 1.807) is 24.3 Å². The van der Waals surface area contributed by atoms with E-state index in [0.29, 0.717) is 25.2 Å². The monoisotopic (exact) mass is 275 g/mol. The first kappa shape index (κ1) is 14.0. The van der Waals surface area contributed by atoms with Gasteiger partial charge < -0.3 is 16.0 Å². The van der Waals surface area contributed by atoms with Crippen molar-refractivity contribution in [1.29, 1.82) is 0 Å². The fraction of sp³-hybridized carbons (Fsp3) is 0.357. The number of hydrogen-bond donors (Lipinski definition) is 3. The highest BCUT2D eigenvalue weighted by atomic mass is 16.2. The number of amides is 3. The van der Waals surface area contributed by atoms with Gasteiger partial charge in [-0.15, -0.1) is 0 Å². The number of nitrogens with one attached hydrogen (secondary N) is 3. The van der Waals surface area contributed by atoms with Crippen LogP contribution in [-0.2, 0) is 9.59 Å². The van der Waals surface area contributed by atoms with Crippen LogP contribution in [0.15, 0.2) is 30.3 Å². The maximum absolute atomic E-state index is 11.7. The van der Waals surface area contributed by atoms with Gasteiger partial charge >= 0.3 is 0 Å². The van der Waals surface area contributed by atoms with Gasteiger partial charge in [0.25, 0.3) is 5.91 Å². The lowest BCUT2D eigenvalue weighted by Crippen LogP contribution is -2.38. The van der Waals surface area contributed by atoms with Gasteiger partial charge in [-0.25, -0.2) is 0 Å². The Kier molecular flexibility index (Phi) is 4.70. The molecule has 3 amide bonds. The Hall–Kier alpha value is -2.37. The van der Waals surface area contributed by atoms with E-state index in [4.69, 9.17) is 0 Å². The molecule has 0 aromatic heterocycles. The summed E-state index contributed by atoms with van der Waals surface area (Å²) in [6.45, 7) is 1.09. The van der Waals surface area contributed by atoms with E-state index in [9.17, 15) is 14.4 Å². The summed E-state index contributed by atoms with van der Waals surface area (Å²) in [5.74, 6) is -0.718. The van der Waals surface area contributed by atoms with Gasteiger partial charge in [0.05, 0.1) is 5.92 Å². The Bertz CT molecular complexity index is 502. The zero-order valence-electron chi connectivity index (χ0n) is 11.0. The molecule has 1 fully saturated rings. The lowest BCUT2D eigenvalue weighted by molar-refractivity contribution is -0.126. The van der Waals surface area contributed by atoms with Gasteiger partial charge in [-0.1, -0.05) is 18.2 Å². The normalized spacial score (nSPS) is 17.4. The largest absolute Gasteiger partial charge is 0.355 e. The summed E-state index contributed by atoms with van der Waals surface area (Å²) in [4.78, 5) is 34.4. The number of rotatable bonds is 5. The van der Waals surface area contributed by atoms with Crippen LogP contribution >= 0.6 is 0 Å². The standard InChI is InChI=1S/C14H17N3O3/c18-12-8-11(9-17-12)14(20)16-7-6-15-13(19)10-4-2-1-3-5-10/h1-5,11H,6-9H2,(H,15,19)(H,16,20)(H,17,18)/t11-/m0/s1. The Morgan fingerprint density at radius 1 is 1.15 bits per heavy atom. The molecule has 1 saturated heterocycles. The minimum atomic E-state index is -0.299. The molecule has 1 aromatic rings. The molecule has 6 nitrogen and oxygen atoms in total. The van der Waals surface area contributed by atoms with Crippen LogP contribution in [0.2, 0.25) is 0 Å². The molecule has 3 N–H and O–H groups in total. The van der Waals surface area contributed by atoms with E-state index in [0.717, 1.165) is 0 Å². The molecule has 1 aliphatic heterocycles. The van der Waals surface area contributed by atoms with Gasteiger partial charge in [0.1, 0.15) is 0 Å². The third-order valence-corrected chi connectivity index (χ3v) is 3.09. The summed E-state index contributed by atoms with van der Waals surface area (Å²) in [7, 11) is 0. The van der Waals surface area contributed by atoms with Crippen LogP contribution in [0, 0.1) is 5.92 Å². The highest BCUT2D eigenvalue weighted by molar-refractivity contribution is 5.94. The highest BCUT2D eigenvalue weighted by Gasteiger charge is 2.27. The summed E-state index contributed by atoms with van der Waals surface area (Å²) in [5.41, 5.74) is 0.587. The maximum atomic E-state index is 11.7. The van der Waals surface area contributed by atoms with E-state index < -0.39 is 0 Å². The van der Waals surface area contributed by atoms with Crippen molar-refractivity contribution in [3.63, 3.8) is 0 Å². The first-order chi connectivity index (χ1) is 9.66. The fourth-order valence-electron chi connectivity index (χ4n) is 1.99. The first-order valence-corrected chi connectivity index (χ1v) is 6.54. The van der Waals surface area contributed by atoms with Gasteiger partial charge in [0.2, 0.25) is 11.8 Å². The SMILES string of the molecule is O=C1C[C@H](C(=O)NCCNC(=O)c2ccccc2)CN1. The molecule has 1 heterocycles. The van der Waals surface area contributed by atoms with E-state index in [1.165, 1.54) is 0 Å². The van der Waals surface area contributed by atoms with Crippen molar-refractivity contribution in [1.82, 2.24) is 16.0 Å². The molecule has 1 atom stereocenters. The van der Waals surface area contributed by atoms with Crippen molar-refractivity contribution >= 4 is 17.7 Å². The average Bonchev–Trinajstić information content (AvgIpc) is 2.91. The lowest BCUT2D eigenvalue weighted by Gasteiger charge is -2.10. The van der Waals surface area contributed by atoms with E-state index in [1.807, 2.05) is 6.07 Å². The Labute approximate surface area is 116 Å². The maximum Gasteiger partial charge on any atom is 0.251 e. The Morgan fingerprint density at radius 3 is 2.50 bits per heavy atom. The average molecular weight is 275 g/mol. The van der Waals surface area contributed by atoms with Crippen molar-refractivity contribution in [3.8, 4) is 0 Å². The fourth-order valence-corrected chi connectivity index (χ4v) is 1.99. The molecule has 0 radical (unpaired) electrons. The minimum Gasteiger partial charge on any atom is -0.355 e. The number of benzene rings is 1. The first-order valence-electron chi connectivity index (χ1n) is 6.54. The molecule has 0 unspecified atom stereocenters. The molecule has 0 aliphatic carbocycles. The second-order valence-corrected chi connectivity index (χ2v) is 4.62. The van der Waals surface area contributed by atoms with Crippen LogP contribution in [0.4, 0.5) is 0 Å². The molecule has 0 saturated carbocycles. The summed E-state index contributed by atoms with van der Waals surface area (Å²) < 4.78 is 0. The Balaban J connectivity index is 1.65. The van der Waals surface area contributed by atoms with Gasteiger partial charge in [-0.05, 0) is 12.1 Å². The molecule has 1 aliphatic rings. The van der Waals surface area contributed by atoms with Crippen molar-refractivity contribution in [2.24, 2.45) is 5.92 Å². The number of hydrogen-bond acceptors (Lipinski definition) is 3. The zero-order chi connectivity index (χ0) is 14.4. The van der Waals surface area contributed by atoms with Crippen molar-refractivity contribution in [2.75, 3.05) is 19.6 Å². The van der Waals surface area contributed by atoms with Crippen molar-refractivity contribution in [3.05, 3.63) is 35.9 Å². The second kappa shape index (κ2) is 6.70. The van der Waals surface area contributed by atoms with Crippen LogP contribution < -0.4 is 16.0 Å². The Morgan fingerprint density at radius 2 is 1.85 bits per heavy atom. The molecule has 106 valence electrons. The summed E-state index contributed by atoms with van der Waals surface area (Å²) in [5, 5.41) is 8.03. The van der Waals surface area contributed by atoms with Gasteiger partial charge in [-0.2, -0.15) is 0 Å².